The van der Waals surface area contributed by atoms with E-state index in [9.17, 15) is 26.7 Å². The summed E-state index contributed by atoms with van der Waals surface area (Å²) in [6.45, 7) is 2.24. The molecule has 204 valence electrons. The number of carbonyl (C=O) groups excluding carboxylic acids is 1. The second-order valence-corrected chi connectivity index (χ2v) is 10.7. The van der Waals surface area contributed by atoms with Crippen LogP contribution in [0.5, 0.6) is 11.5 Å². The van der Waals surface area contributed by atoms with Crippen LogP contribution in [-0.2, 0) is 4.79 Å². The molecule has 2 fully saturated rings. The van der Waals surface area contributed by atoms with E-state index in [0.717, 1.165) is 49.7 Å². The van der Waals surface area contributed by atoms with Gasteiger partial charge in [-0.2, -0.15) is 0 Å². The zero-order valence-corrected chi connectivity index (χ0v) is 21.2. The average molecular weight is 527 g/mol. The van der Waals surface area contributed by atoms with Crippen LogP contribution in [0.3, 0.4) is 0 Å². The summed E-state index contributed by atoms with van der Waals surface area (Å²) in [6, 6.07) is 4.44. The van der Waals surface area contributed by atoms with Crippen molar-refractivity contribution in [2.75, 3.05) is 0 Å². The lowest BCUT2D eigenvalue weighted by Crippen LogP contribution is -2.30. The summed E-state index contributed by atoms with van der Waals surface area (Å²) in [5.74, 6) is -2.68. The number of unbranched alkanes of at least 4 members (excludes halogenated alkanes) is 2. The molecule has 0 aliphatic heterocycles. The molecule has 2 aromatic rings. The molecule has 0 radical (unpaired) electrons. The zero-order chi connectivity index (χ0) is 26.6. The minimum atomic E-state index is -5.22. The summed E-state index contributed by atoms with van der Waals surface area (Å²) >= 11 is 0. The van der Waals surface area contributed by atoms with E-state index in [-0.39, 0.29) is 28.4 Å². The number of halogens is 5. The Morgan fingerprint density at radius 2 is 1.57 bits per heavy atom. The summed E-state index contributed by atoms with van der Waals surface area (Å²) in [7, 11) is 0. The molecule has 0 bridgehead atoms. The van der Waals surface area contributed by atoms with Gasteiger partial charge in [-0.1, -0.05) is 45.4 Å². The number of alkyl halides is 3. The molecule has 37 heavy (non-hydrogen) atoms. The second-order valence-electron chi connectivity index (χ2n) is 10.7. The van der Waals surface area contributed by atoms with Crippen LogP contribution in [0.4, 0.5) is 22.0 Å². The van der Waals surface area contributed by atoms with Crippen molar-refractivity contribution in [3.63, 3.8) is 0 Å². The summed E-state index contributed by atoms with van der Waals surface area (Å²) in [5, 5.41) is -0.287. The molecule has 2 aliphatic carbocycles. The molecular weight excluding hydrogens is 491 g/mol. The topological polar surface area (TPSA) is 35.5 Å². The highest BCUT2D eigenvalue weighted by Crippen LogP contribution is 2.43. The molecule has 0 atom stereocenters. The zero-order valence-electron chi connectivity index (χ0n) is 21.2. The number of fused-ring (bicyclic) bond motifs is 1. The van der Waals surface area contributed by atoms with Crippen molar-refractivity contribution in [2.24, 2.45) is 23.7 Å². The number of rotatable bonds is 8. The summed E-state index contributed by atoms with van der Waals surface area (Å²) in [4.78, 5) is 12.8. The SMILES string of the molecule is CCCCCC1CCC(C2CCC(C(=O)Oc3ccc4c(F)c(OC(F)(F)F)c(F)cc4c3)CC2)CC1. The Kier molecular flexibility index (Phi) is 8.96. The van der Waals surface area contributed by atoms with Gasteiger partial charge < -0.3 is 9.47 Å². The maximum Gasteiger partial charge on any atom is 0.573 e. The van der Waals surface area contributed by atoms with Crippen molar-refractivity contribution < 1.29 is 36.2 Å². The minimum absolute atomic E-state index is 0.0242. The Balaban J connectivity index is 1.30. The Morgan fingerprint density at radius 3 is 2.19 bits per heavy atom. The fourth-order valence-corrected chi connectivity index (χ4v) is 6.22. The summed E-state index contributed by atoms with van der Waals surface area (Å²) in [6.07, 6.45) is 8.80. The molecule has 3 nitrogen and oxygen atoms in total. The first-order valence-electron chi connectivity index (χ1n) is 13.5. The molecular formula is C29H35F5O3. The van der Waals surface area contributed by atoms with Gasteiger partial charge in [0.05, 0.1) is 5.92 Å². The van der Waals surface area contributed by atoms with Gasteiger partial charge >= 0.3 is 12.3 Å². The van der Waals surface area contributed by atoms with Gasteiger partial charge in [0, 0.05) is 5.39 Å². The Bertz CT molecular complexity index is 1070. The van der Waals surface area contributed by atoms with Gasteiger partial charge in [-0.05, 0) is 85.9 Å². The van der Waals surface area contributed by atoms with Crippen LogP contribution < -0.4 is 9.47 Å². The Labute approximate surface area is 214 Å². The van der Waals surface area contributed by atoms with Crippen LogP contribution in [0.1, 0.15) is 84.0 Å². The monoisotopic (exact) mass is 526 g/mol. The lowest BCUT2D eigenvalue weighted by atomic mass is 9.68. The van der Waals surface area contributed by atoms with E-state index in [0.29, 0.717) is 5.92 Å². The number of hydrogen-bond donors (Lipinski definition) is 0. The van der Waals surface area contributed by atoms with E-state index in [2.05, 4.69) is 11.7 Å². The molecule has 2 aliphatic rings. The van der Waals surface area contributed by atoms with Gasteiger partial charge in [-0.15, -0.1) is 13.2 Å². The summed E-state index contributed by atoms with van der Waals surface area (Å²) in [5.41, 5.74) is 0. The molecule has 8 heteroatoms. The molecule has 0 N–H and O–H groups in total. The van der Waals surface area contributed by atoms with Gasteiger partial charge in [0.2, 0.25) is 5.75 Å². The van der Waals surface area contributed by atoms with E-state index in [1.54, 1.807) is 0 Å². The van der Waals surface area contributed by atoms with Crippen molar-refractivity contribution in [1.29, 1.82) is 0 Å². The third-order valence-electron chi connectivity index (χ3n) is 8.27. The van der Waals surface area contributed by atoms with Gasteiger partial charge in [-0.25, -0.2) is 8.78 Å². The first kappa shape index (κ1) is 27.6. The van der Waals surface area contributed by atoms with Crippen molar-refractivity contribution in [3.8, 4) is 11.5 Å². The van der Waals surface area contributed by atoms with Crippen LogP contribution in [0.25, 0.3) is 10.8 Å². The fraction of sp³-hybridized carbons (Fsp3) is 0.621. The van der Waals surface area contributed by atoms with E-state index in [4.69, 9.17) is 4.74 Å². The number of benzene rings is 2. The highest BCUT2D eigenvalue weighted by molar-refractivity contribution is 5.87. The maximum absolute atomic E-state index is 14.5. The van der Waals surface area contributed by atoms with Crippen molar-refractivity contribution in [1.82, 2.24) is 0 Å². The number of hydrogen-bond acceptors (Lipinski definition) is 3. The molecule has 0 spiro atoms. The van der Waals surface area contributed by atoms with Crippen LogP contribution in [0.15, 0.2) is 24.3 Å². The van der Waals surface area contributed by atoms with Gasteiger partial charge in [0.1, 0.15) is 5.75 Å². The lowest BCUT2D eigenvalue weighted by molar-refractivity contribution is -0.276. The molecule has 0 amide bonds. The van der Waals surface area contributed by atoms with Crippen LogP contribution in [0, 0.1) is 35.3 Å². The first-order valence-corrected chi connectivity index (χ1v) is 13.5. The number of ether oxygens (including phenoxy) is 2. The quantitative estimate of drug-likeness (QED) is 0.149. The fourth-order valence-electron chi connectivity index (χ4n) is 6.22. The molecule has 2 aromatic carbocycles. The summed E-state index contributed by atoms with van der Waals surface area (Å²) < 4.78 is 75.0. The molecule has 0 aromatic heterocycles. The highest BCUT2D eigenvalue weighted by Gasteiger charge is 2.35. The van der Waals surface area contributed by atoms with E-state index >= 15 is 0 Å². The maximum atomic E-state index is 14.5. The second kappa shape index (κ2) is 12.0. The van der Waals surface area contributed by atoms with Crippen molar-refractivity contribution >= 4 is 16.7 Å². The van der Waals surface area contributed by atoms with E-state index in [1.807, 2.05) is 0 Å². The predicted octanol–water partition coefficient (Wildman–Crippen LogP) is 9.12. The Morgan fingerprint density at radius 1 is 0.919 bits per heavy atom. The smallest absolute Gasteiger partial charge is 0.426 e. The molecule has 2 saturated carbocycles. The van der Waals surface area contributed by atoms with Crippen LogP contribution in [-0.4, -0.2) is 12.3 Å². The largest absolute Gasteiger partial charge is 0.573 e. The standard InChI is InChI=1S/C29H35F5O3/c1-2-3-4-5-18-6-8-19(9-7-18)20-10-12-21(13-11-20)28(35)36-23-14-15-24-22(16-23)17-25(30)27(26(24)31)37-29(32,33)34/h14-21H,2-13H2,1H3. The molecule has 0 unspecified atom stereocenters. The Hall–Kier alpha value is -2.38. The van der Waals surface area contributed by atoms with Crippen molar-refractivity contribution in [2.45, 2.75) is 90.3 Å². The molecule has 4 rings (SSSR count). The first-order chi connectivity index (χ1) is 17.6. The van der Waals surface area contributed by atoms with E-state index < -0.39 is 23.7 Å². The normalized spacial score (nSPS) is 24.7. The highest BCUT2D eigenvalue weighted by atomic mass is 19.4. The lowest BCUT2D eigenvalue weighted by Gasteiger charge is -2.37. The third kappa shape index (κ3) is 7.14. The minimum Gasteiger partial charge on any atom is -0.426 e. The van der Waals surface area contributed by atoms with Crippen LogP contribution in [0.2, 0.25) is 0 Å². The van der Waals surface area contributed by atoms with Crippen molar-refractivity contribution in [3.05, 3.63) is 35.9 Å². The van der Waals surface area contributed by atoms with Gasteiger partial charge in [0.15, 0.2) is 11.6 Å². The third-order valence-corrected chi connectivity index (χ3v) is 8.27. The predicted molar refractivity (Wildman–Crippen MR) is 131 cm³/mol. The number of carbonyl (C=O) groups is 1. The average Bonchev–Trinajstić information content (AvgIpc) is 2.86. The van der Waals surface area contributed by atoms with Gasteiger partial charge in [0.25, 0.3) is 0 Å². The van der Waals surface area contributed by atoms with E-state index in [1.165, 1.54) is 63.5 Å². The van der Waals surface area contributed by atoms with Crippen LogP contribution >= 0.6 is 0 Å². The number of esters is 1. The molecule has 0 saturated heterocycles. The van der Waals surface area contributed by atoms with Gasteiger partial charge in [-0.3, -0.25) is 4.79 Å². The molecule has 0 heterocycles.